The van der Waals surface area contributed by atoms with Crippen LogP contribution >= 0.6 is 0 Å². The summed E-state index contributed by atoms with van der Waals surface area (Å²) < 4.78 is 43.1. The smallest absolute Gasteiger partial charge is 0.339 e. The van der Waals surface area contributed by atoms with Gasteiger partial charge in [-0.25, -0.2) is 22.3 Å². The van der Waals surface area contributed by atoms with E-state index in [1.165, 1.54) is 32.3 Å². The number of fused-ring (bicyclic) bond motifs is 1. The second kappa shape index (κ2) is 9.67. The average molecular weight is 497 g/mol. The topological polar surface area (TPSA) is 102 Å². The van der Waals surface area contributed by atoms with Crippen LogP contribution in [-0.2, 0) is 27.8 Å². The van der Waals surface area contributed by atoms with Crippen LogP contribution in [0.15, 0.2) is 71.6 Å². The highest BCUT2D eigenvalue weighted by molar-refractivity contribution is 7.90. The van der Waals surface area contributed by atoms with E-state index in [1.54, 1.807) is 60.7 Å². The molecule has 2 amide bonds. The van der Waals surface area contributed by atoms with E-state index in [0.717, 1.165) is 4.31 Å². The Labute approximate surface area is 203 Å². The summed E-state index contributed by atoms with van der Waals surface area (Å²) in [7, 11) is 0.178. The fourth-order valence-electron chi connectivity index (χ4n) is 3.88. The standard InChI is InChI=1S/C25H24N2O7S/c1-32-20-11-8-17(9-12-20)15-27-25(29)26(21-6-4-5-7-23(21)35(27,30)31)16-19-14-18(24(28)34-3)10-13-22(19)33-2/h4-14H,15-16H2,1-3H3. The minimum absolute atomic E-state index is 0.0104. The van der Waals surface area contributed by atoms with Crippen LogP contribution in [0.2, 0.25) is 0 Å². The summed E-state index contributed by atoms with van der Waals surface area (Å²) in [5.41, 5.74) is 1.66. The Morgan fingerprint density at radius 3 is 2.26 bits per heavy atom. The molecular formula is C25H24N2O7S. The summed E-state index contributed by atoms with van der Waals surface area (Å²) in [5, 5.41) is 0. The van der Waals surface area contributed by atoms with Gasteiger partial charge in [0, 0.05) is 5.56 Å². The van der Waals surface area contributed by atoms with E-state index in [1.807, 2.05) is 0 Å². The molecule has 0 radical (unpaired) electrons. The number of esters is 1. The van der Waals surface area contributed by atoms with E-state index in [2.05, 4.69) is 0 Å². The Kier molecular flexibility index (Phi) is 6.65. The predicted octanol–water partition coefficient (Wildman–Crippen LogP) is 3.82. The molecule has 1 aliphatic rings. The van der Waals surface area contributed by atoms with Crippen molar-refractivity contribution in [3.05, 3.63) is 83.4 Å². The Bertz CT molecular complexity index is 1370. The molecule has 1 aliphatic heterocycles. The van der Waals surface area contributed by atoms with Gasteiger partial charge in [0.25, 0.3) is 10.0 Å². The molecule has 0 atom stereocenters. The summed E-state index contributed by atoms with van der Waals surface area (Å²) in [4.78, 5) is 27.1. The maximum absolute atomic E-state index is 13.6. The summed E-state index contributed by atoms with van der Waals surface area (Å²) >= 11 is 0. The lowest BCUT2D eigenvalue weighted by Crippen LogP contribution is -2.50. The highest BCUT2D eigenvalue weighted by Gasteiger charge is 2.41. The quantitative estimate of drug-likeness (QED) is 0.458. The van der Waals surface area contributed by atoms with Gasteiger partial charge < -0.3 is 14.2 Å². The molecule has 0 saturated carbocycles. The summed E-state index contributed by atoms with van der Waals surface area (Å²) in [5.74, 6) is 0.521. The zero-order chi connectivity index (χ0) is 25.2. The molecule has 10 heteroatoms. The molecule has 0 fully saturated rings. The van der Waals surface area contributed by atoms with E-state index in [9.17, 15) is 18.0 Å². The van der Waals surface area contributed by atoms with Crippen LogP contribution in [0.5, 0.6) is 11.5 Å². The number of carbonyl (C=O) groups excluding carboxylic acids is 2. The number of ether oxygens (including phenoxy) is 3. The van der Waals surface area contributed by atoms with Gasteiger partial charge in [-0.1, -0.05) is 24.3 Å². The van der Waals surface area contributed by atoms with Crippen LogP contribution in [0.25, 0.3) is 0 Å². The van der Waals surface area contributed by atoms with Crippen molar-refractivity contribution in [1.29, 1.82) is 0 Å². The second-order valence-corrected chi connectivity index (χ2v) is 9.55. The zero-order valence-corrected chi connectivity index (χ0v) is 20.2. The molecule has 0 unspecified atom stereocenters. The molecule has 3 aromatic carbocycles. The van der Waals surface area contributed by atoms with Crippen molar-refractivity contribution in [2.24, 2.45) is 0 Å². The number of methoxy groups -OCH3 is 3. The van der Waals surface area contributed by atoms with Gasteiger partial charge in [-0.2, -0.15) is 0 Å². The molecule has 0 aromatic heterocycles. The number of benzene rings is 3. The number of hydrogen-bond acceptors (Lipinski definition) is 7. The van der Waals surface area contributed by atoms with E-state index in [-0.39, 0.29) is 29.2 Å². The molecule has 182 valence electrons. The Morgan fingerprint density at radius 2 is 1.60 bits per heavy atom. The number of para-hydroxylation sites is 1. The summed E-state index contributed by atoms with van der Waals surface area (Å²) in [6.07, 6.45) is 0. The molecule has 0 saturated heterocycles. The molecule has 0 spiro atoms. The lowest BCUT2D eigenvalue weighted by molar-refractivity contribution is 0.0600. The number of amides is 2. The molecule has 0 aliphatic carbocycles. The fraction of sp³-hybridized carbons (Fsp3) is 0.200. The molecule has 9 nitrogen and oxygen atoms in total. The first-order chi connectivity index (χ1) is 16.8. The first-order valence-corrected chi connectivity index (χ1v) is 12.1. The van der Waals surface area contributed by atoms with E-state index in [0.29, 0.717) is 22.6 Å². The molecule has 0 N–H and O–H groups in total. The van der Waals surface area contributed by atoms with Gasteiger partial charge in [0.15, 0.2) is 0 Å². The fourth-order valence-corrected chi connectivity index (χ4v) is 5.43. The monoisotopic (exact) mass is 496 g/mol. The van der Waals surface area contributed by atoms with Crippen molar-refractivity contribution in [2.45, 2.75) is 18.0 Å². The molecule has 0 bridgehead atoms. The van der Waals surface area contributed by atoms with Gasteiger partial charge in [-0.3, -0.25) is 4.90 Å². The maximum Gasteiger partial charge on any atom is 0.339 e. The maximum atomic E-state index is 13.6. The van der Waals surface area contributed by atoms with Crippen LogP contribution in [-0.4, -0.2) is 46.1 Å². The largest absolute Gasteiger partial charge is 0.497 e. The van der Waals surface area contributed by atoms with Crippen LogP contribution in [0.4, 0.5) is 10.5 Å². The third-order valence-corrected chi connectivity index (χ3v) is 7.45. The third kappa shape index (κ3) is 4.52. The number of nitrogens with zero attached hydrogens (tertiary/aromatic N) is 2. The molecule has 3 aromatic rings. The molecule has 35 heavy (non-hydrogen) atoms. The van der Waals surface area contributed by atoms with E-state index in [4.69, 9.17) is 14.2 Å². The van der Waals surface area contributed by atoms with Crippen molar-refractivity contribution in [1.82, 2.24) is 4.31 Å². The minimum Gasteiger partial charge on any atom is -0.497 e. The molecule has 1 heterocycles. The van der Waals surface area contributed by atoms with Crippen molar-refractivity contribution < 1.29 is 32.2 Å². The van der Waals surface area contributed by atoms with Crippen LogP contribution in [0, 0.1) is 0 Å². The van der Waals surface area contributed by atoms with Gasteiger partial charge >= 0.3 is 12.0 Å². The number of urea groups is 1. The zero-order valence-electron chi connectivity index (χ0n) is 19.4. The number of carbonyl (C=O) groups is 2. The van der Waals surface area contributed by atoms with Crippen LogP contribution in [0.1, 0.15) is 21.5 Å². The first-order valence-electron chi connectivity index (χ1n) is 10.6. The molecular weight excluding hydrogens is 472 g/mol. The highest BCUT2D eigenvalue weighted by Crippen LogP contribution is 2.37. The van der Waals surface area contributed by atoms with Crippen molar-refractivity contribution in [3.8, 4) is 11.5 Å². The normalized spacial score (nSPS) is 14.3. The lowest BCUT2D eigenvalue weighted by atomic mass is 10.1. The van der Waals surface area contributed by atoms with Gasteiger partial charge in [0.05, 0.1) is 45.7 Å². The van der Waals surface area contributed by atoms with Crippen molar-refractivity contribution in [3.63, 3.8) is 0 Å². The van der Waals surface area contributed by atoms with E-state index < -0.39 is 22.0 Å². The summed E-state index contributed by atoms with van der Waals surface area (Å²) in [6, 6.07) is 17.1. The number of hydrogen-bond donors (Lipinski definition) is 0. The van der Waals surface area contributed by atoms with Gasteiger partial charge in [0.2, 0.25) is 0 Å². The van der Waals surface area contributed by atoms with Crippen LogP contribution < -0.4 is 14.4 Å². The van der Waals surface area contributed by atoms with Crippen LogP contribution in [0.3, 0.4) is 0 Å². The first kappa shape index (κ1) is 24.1. The summed E-state index contributed by atoms with van der Waals surface area (Å²) in [6.45, 7) is -0.187. The van der Waals surface area contributed by atoms with Crippen molar-refractivity contribution >= 4 is 27.7 Å². The van der Waals surface area contributed by atoms with Gasteiger partial charge in [-0.05, 0) is 48.0 Å². The second-order valence-electron chi connectivity index (χ2n) is 7.71. The third-order valence-electron chi connectivity index (χ3n) is 5.68. The average Bonchev–Trinajstić information content (AvgIpc) is 2.89. The van der Waals surface area contributed by atoms with Gasteiger partial charge in [0.1, 0.15) is 16.4 Å². The molecule has 4 rings (SSSR count). The Balaban J connectivity index is 1.77. The number of sulfonamides is 1. The Morgan fingerprint density at radius 1 is 0.886 bits per heavy atom. The lowest BCUT2D eigenvalue weighted by Gasteiger charge is -2.36. The number of anilines is 1. The Hall–Kier alpha value is -4.05. The van der Waals surface area contributed by atoms with Crippen molar-refractivity contribution in [2.75, 3.05) is 26.2 Å². The van der Waals surface area contributed by atoms with Gasteiger partial charge in [-0.15, -0.1) is 0 Å². The van der Waals surface area contributed by atoms with E-state index >= 15 is 0 Å². The number of rotatable bonds is 7. The predicted molar refractivity (Wildman–Crippen MR) is 128 cm³/mol. The highest BCUT2D eigenvalue weighted by atomic mass is 32.2. The minimum atomic E-state index is -4.11. The SMILES string of the molecule is COC(=O)c1ccc(OC)c(CN2C(=O)N(Cc3ccc(OC)cc3)S(=O)(=O)c3ccccc32)c1.